The third kappa shape index (κ3) is 3.39. The summed E-state index contributed by atoms with van der Waals surface area (Å²) in [6, 6.07) is 8.36. The van der Waals surface area contributed by atoms with Crippen LogP contribution in [0.4, 0.5) is 0 Å². The molecule has 7 heteroatoms. The second-order valence-electron chi connectivity index (χ2n) is 4.09. The number of hydrogen-bond donors (Lipinski definition) is 1. The van der Waals surface area contributed by atoms with Crippen molar-refractivity contribution < 1.29 is 4.79 Å². The van der Waals surface area contributed by atoms with Crippen LogP contribution in [0.15, 0.2) is 30.3 Å². The van der Waals surface area contributed by atoms with E-state index in [-0.39, 0.29) is 27.8 Å². The Hall–Kier alpha value is -1.36. The van der Waals surface area contributed by atoms with Crippen LogP contribution in [-0.4, -0.2) is 16.1 Å². The molecule has 2 aromatic rings. The standard InChI is InChI=1S/C13H10Cl3N3O/c1-7(8-4-2-3-5-10(8)14)17-13(20)9-6-11(15)18-19-12(9)16/h2-7H,1H3,(H,17,20). The van der Waals surface area contributed by atoms with Gasteiger partial charge in [-0.15, -0.1) is 10.2 Å². The average Bonchev–Trinajstić information content (AvgIpc) is 2.41. The maximum absolute atomic E-state index is 12.1. The second kappa shape index (κ2) is 6.39. The monoisotopic (exact) mass is 329 g/mol. The molecule has 0 radical (unpaired) electrons. The van der Waals surface area contributed by atoms with Crippen molar-refractivity contribution in [3.8, 4) is 0 Å². The molecule has 0 bridgehead atoms. The molecule has 0 spiro atoms. The van der Waals surface area contributed by atoms with Gasteiger partial charge in [-0.05, 0) is 24.6 Å². The van der Waals surface area contributed by atoms with Crippen molar-refractivity contribution in [1.29, 1.82) is 0 Å². The molecule has 1 unspecified atom stereocenters. The Balaban J connectivity index is 2.20. The largest absolute Gasteiger partial charge is 0.345 e. The normalized spacial score (nSPS) is 12.0. The van der Waals surface area contributed by atoms with E-state index in [0.717, 1.165) is 5.56 Å². The van der Waals surface area contributed by atoms with Crippen LogP contribution < -0.4 is 5.32 Å². The first-order chi connectivity index (χ1) is 9.49. The van der Waals surface area contributed by atoms with Gasteiger partial charge in [-0.1, -0.05) is 53.0 Å². The lowest BCUT2D eigenvalue weighted by Crippen LogP contribution is -2.27. The molecule has 0 saturated carbocycles. The molecular weight excluding hydrogens is 321 g/mol. The summed E-state index contributed by atoms with van der Waals surface area (Å²) in [7, 11) is 0. The molecule has 0 fully saturated rings. The predicted octanol–water partition coefficient (Wildman–Crippen LogP) is 3.93. The molecular formula is C13H10Cl3N3O. The van der Waals surface area contributed by atoms with Crippen molar-refractivity contribution in [2.45, 2.75) is 13.0 Å². The van der Waals surface area contributed by atoms with E-state index in [1.165, 1.54) is 6.07 Å². The number of nitrogens with one attached hydrogen (secondary N) is 1. The van der Waals surface area contributed by atoms with Gasteiger partial charge in [-0.25, -0.2) is 0 Å². The molecule has 20 heavy (non-hydrogen) atoms. The average molecular weight is 331 g/mol. The van der Waals surface area contributed by atoms with E-state index < -0.39 is 0 Å². The third-order valence-corrected chi connectivity index (χ3v) is 3.49. The first-order valence-corrected chi connectivity index (χ1v) is 6.86. The highest BCUT2D eigenvalue weighted by Gasteiger charge is 2.17. The fraction of sp³-hybridized carbons (Fsp3) is 0.154. The summed E-state index contributed by atoms with van der Waals surface area (Å²) in [6.07, 6.45) is 0. The number of aromatic nitrogens is 2. The van der Waals surface area contributed by atoms with E-state index >= 15 is 0 Å². The maximum atomic E-state index is 12.1. The van der Waals surface area contributed by atoms with Crippen LogP contribution in [-0.2, 0) is 0 Å². The van der Waals surface area contributed by atoms with Gasteiger partial charge < -0.3 is 5.32 Å². The van der Waals surface area contributed by atoms with E-state index in [9.17, 15) is 4.79 Å². The van der Waals surface area contributed by atoms with Gasteiger partial charge in [-0.2, -0.15) is 0 Å². The smallest absolute Gasteiger partial charge is 0.255 e. The van der Waals surface area contributed by atoms with Crippen LogP contribution in [0.3, 0.4) is 0 Å². The van der Waals surface area contributed by atoms with Gasteiger partial charge in [0.25, 0.3) is 5.91 Å². The molecule has 0 saturated heterocycles. The summed E-state index contributed by atoms with van der Waals surface area (Å²) >= 11 is 17.6. The van der Waals surface area contributed by atoms with Gasteiger partial charge in [0, 0.05) is 5.02 Å². The number of hydrogen-bond acceptors (Lipinski definition) is 3. The van der Waals surface area contributed by atoms with Gasteiger partial charge in [0.1, 0.15) is 0 Å². The molecule has 0 aliphatic carbocycles. The SMILES string of the molecule is CC(NC(=O)c1cc(Cl)nnc1Cl)c1ccccc1Cl. The Morgan fingerprint density at radius 3 is 2.60 bits per heavy atom. The van der Waals surface area contributed by atoms with Gasteiger partial charge >= 0.3 is 0 Å². The molecule has 0 aliphatic heterocycles. The van der Waals surface area contributed by atoms with Crippen LogP contribution in [0.2, 0.25) is 15.3 Å². The summed E-state index contributed by atoms with van der Waals surface area (Å²) in [4.78, 5) is 12.1. The number of halogens is 3. The van der Waals surface area contributed by atoms with Gasteiger partial charge in [0.15, 0.2) is 10.3 Å². The topological polar surface area (TPSA) is 54.9 Å². The van der Waals surface area contributed by atoms with E-state index in [0.29, 0.717) is 5.02 Å². The first-order valence-electron chi connectivity index (χ1n) is 5.73. The molecule has 1 aromatic heterocycles. The molecule has 1 N–H and O–H groups in total. The highest BCUT2D eigenvalue weighted by molar-refractivity contribution is 6.34. The number of carbonyl (C=O) groups excluding carboxylic acids is 1. The lowest BCUT2D eigenvalue weighted by atomic mass is 10.1. The van der Waals surface area contributed by atoms with E-state index in [1.54, 1.807) is 6.07 Å². The summed E-state index contributed by atoms with van der Waals surface area (Å²) in [6.45, 7) is 1.82. The minimum atomic E-state index is -0.390. The van der Waals surface area contributed by atoms with E-state index in [4.69, 9.17) is 34.8 Å². The Morgan fingerprint density at radius 2 is 1.90 bits per heavy atom. The number of benzene rings is 1. The van der Waals surface area contributed by atoms with Crippen LogP contribution in [0, 0.1) is 0 Å². The van der Waals surface area contributed by atoms with Crippen molar-refractivity contribution in [3.05, 3.63) is 56.8 Å². The molecule has 1 atom stereocenters. The lowest BCUT2D eigenvalue weighted by Gasteiger charge is -2.15. The summed E-state index contributed by atoms with van der Waals surface area (Å²) in [5, 5.41) is 10.6. The Kier molecular flexibility index (Phi) is 4.81. The lowest BCUT2D eigenvalue weighted by molar-refractivity contribution is 0.0939. The van der Waals surface area contributed by atoms with E-state index in [1.807, 2.05) is 25.1 Å². The fourth-order valence-corrected chi connectivity index (χ4v) is 2.32. The Morgan fingerprint density at radius 1 is 1.20 bits per heavy atom. The number of amides is 1. The highest BCUT2D eigenvalue weighted by Crippen LogP contribution is 2.23. The zero-order chi connectivity index (χ0) is 14.7. The van der Waals surface area contributed by atoms with Crippen LogP contribution in [0.1, 0.15) is 28.9 Å². The van der Waals surface area contributed by atoms with Gasteiger partial charge in [0.05, 0.1) is 11.6 Å². The first kappa shape index (κ1) is 15.0. The zero-order valence-electron chi connectivity index (χ0n) is 10.4. The quantitative estimate of drug-likeness (QED) is 0.927. The predicted molar refractivity (Wildman–Crippen MR) is 79.4 cm³/mol. The van der Waals surface area contributed by atoms with Crippen LogP contribution in [0.5, 0.6) is 0 Å². The molecule has 2 rings (SSSR count). The van der Waals surface area contributed by atoms with Crippen molar-refractivity contribution in [2.24, 2.45) is 0 Å². The van der Waals surface area contributed by atoms with Crippen molar-refractivity contribution in [1.82, 2.24) is 15.5 Å². The van der Waals surface area contributed by atoms with E-state index in [2.05, 4.69) is 15.5 Å². The minimum absolute atomic E-state index is 0.00161. The van der Waals surface area contributed by atoms with Crippen molar-refractivity contribution in [3.63, 3.8) is 0 Å². The van der Waals surface area contributed by atoms with Gasteiger partial charge in [0.2, 0.25) is 0 Å². The molecule has 1 amide bonds. The molecule has 104 valence electrons. The number of rotatable bonds is 3. The summed E-state index contributed by atoms with van der Waals surface area (Å²) < 4.78 is 0. The highest BCUT2D eigenvalue weighted by atomic mass is 35.5. The Bertz CT molecular complexity index is 649. The fourth-order valence-electron chi connectivity index (χ4n) is 1.69. The second-order valence-corrected chi connectivity index (χ2v) is 5.24. The summed E-state index contributed by atoms with van der Waals surface area (Å²) in [5.41, 5.74) is 0.984. The summed E-state index contributed by atoms with van der Waals surface area (Å²) in [5.74, 6) is -0.390. The molecule has 0 aliphatic rings. The molecule has 1 heterocycles. The van der Waals surface area contributed by atoms with Crippen molar-refractivity contribution in [2.75, 3.05) is 0 Å². The Labute approximate surface area is 131 Å². The van der Waals surface area contributed by atoms with Crippen LogP contribution in [0.25, 0.3) is 0 Å². The molecule has 1 aromatic carbocycles. The molecule has 4 nitrogen and oxygen atoms in total. The zero-order valence-corrected chi connectivity index (χ0v) is 12.7. The van der Waals surface area contributed by atoms with Gasteiger partial charge in [-0.3, -0.25) is 4.79 Å². The number of carbonyl (C=O) groups is 1. The third-order valence-electron chi connectivity index (χ3n) is 2.68. The minimum Gasteiger partial charge on any atom is -0.345 e. The maximum Gasteiger partial charge on any atom is 0.255 e. The van der Waals surface area contributed by atoms with Crippen molar-refractivity contribution >= 4 is 40.7 Å². The van der Waals surface area contributed by atoms with Crippen LogP contribution >= 0.6 is 34.8 Å². The number of nitrogens with zero attached hydrogens (tertiary/aromatic N) is 2.